The number of hydrogen-bond donors (Lipinski definition) is 2. The molecule has 1 unspecified atom stereocenters. The second-order valence-electron chi connectivity index (χ2n) is 4.54. The number of rotatable bonds is 5. The molecule has 2 N–H and O–H groups in total. The molecule has 18 heavy (non-hydrogen) atoms. The zero-order valence-electron chi connectivity index (χ0n) is 10.8. The van der Waals surface area contributed by atoms with E-state index in [-0.39, 0.29) is 18.5 Å². The van der Waals surface area contributed by atoms with Crippen LogP contribution in [0.2, 0.25) is 0 Å². The highest BCUT2D eigenvalue weighted by molar-refractivity contribution is 5.81. The van der Waals surface area contributed by atoms with Crippen molar-refractivity contribution in [3.63, 3.8) is 0 Å². The monoisotopic (exact) mass is 256 g/mol. The van der Waals surface area contributed by atoms with Crippen molar-refractivity contribution in [1.29, 1.82) is 0 Å². The molecule has 0 aliphatic rings. The van der Waals surface area contributed by atoms with Gasteiger partial charge >= 0.3 is 0 Å². The van der Waals surface area contributed by atoms with Crippen LogP contribution >= 0.6 is 0 Å². The van der Waals surface area contributed by atoms with E-state index in [9.17, 15) is 13.6 Å². The van der Waals surface area contributed by atoms with Crippen LogP contribution in [0, 0.1) is 11.6 Å². The smallest absolute Gasteiger partial charge is 0.237 e. The molecule has 3 nitrogen and oxygen atoms in total. The summed E-state index contributed by atoms with van der Waals surface area (Å²) in [6.45, 7) is 5.67. The first kappa shape index (κ1) is 14.6. The minimum absolute atomic E-state index is 0.0633. The topological polar surface area (TPSA) is 41.1 Å². The average molecular weight is 256 g/mol. The quantitative estimate of drug-likeness (QED) is 0.845. The van der Waals surface area contributed by atoms with Gasteiger partial charge in [-0.05, 0) is 38.5 Å². The summed E-state index contributed by atoms with van der Waals surface area (Å²) in [5.41, 5.74) is 0.469. The van der Waals surface area contributed by atoms with Gasteiger partial charge in [-0.2, -0.15) is 0 Å². The SMILES string of the molecule is CC(C)NC(=O)C(C)NCc1cc(F)cc(F)c1. The normalized spacial score (nSPS) is 12.6. The highest BCUT2D eigenvalue weighted by Crippen LogP contribution is 2.07. The number of nitrogens with one attached hydrogen (secondary N) is 2. The van der Waals surface area contributed by atoms with Crippen molar-refractivity contribution in [3.8, 4) is 0 Å². The lowest BCUT2D eigenvalue weighted by Gasteiger charge is -2.16. The number of benzene rings is 1. The molecule has 1 amide bonds. The minimum Gasteiger partial charge on any atom is -0.353 e. The predicted octanol–water partition coefficient (Wildman–Crippen LogP) is 1.97. The Morgan fingerprint density at radius 3 is 2.22 bits per heavy atom. The number of halogens is 2. The van der Waals surface area contributed by atoms with Gasteiger partial charge in [-0.3, -0.25) is 4.79 Å². The average Bonchev–Trinajstić information content (AvgIpc) is 2.23. The second-order valence-corrected chi connectivity index (χ2v) is 4.54. The summed E-state index contributed by atoms with van der Waals surface area (Å²) in [5.74, 6) is -1.38. The van der Waals surface area contributed by atoms with E-state index in [2.05, 4.69) is 10.6 Å². The Hall–Kier alpha value is -1.49. The molecule has 0 aromatic heterocycles. The van der Waals surface area contributed by atoms with Crippen LogP contribution in [0.4, 0.5) is 8.78 Å². The van der Waals surface area contributed by atoms with Crippen molar-refractivity contribution in [2.24, 2.45) is 0 Å². The molecule has 0 fully saturated rings. The molecule has 0 aliphatic heterocycles. The van der Waals surface area contributed by atoms with E-state index in [0.29, 0.717) is 5.56 Å². The molecule has 1 atom stereocenters. The molecule has 0 heterocycles. The van der Waals surface area contributed by atoms with E-state index in [0.717, 1.165) is 6.07 Å². The lowest BCUT2D eigenvalue weighted by molar-refractivity contribution is -0.123. The van der Waals surface area contributed by atoms with Crippen LogP contribution in [-0.2, 0) is 11.3 Å². The van der Waals surface area contributed by atoms with Crippen molar-refractivity contribution < 1.29 is 13.6 Å². The number of amides is 1. The van der Waals surface area contributed by atoms with Crippen LogP contribution in [0.5, 0.6) is 0 Å². The van der Waals surface area contributed by atoms with Crippen LogP contribution in [0.1, 0.15) is 26.3 Å². The molecule has 1 aromatic rings. The summed E-state index contributed by atoms with van der Waals surface area (Å²) in [7, 11) is 0. The van der Waals surface area contributed by atoms with Crippen LogP contribution in [0.15, 0.2) is 18.2 Å². The van der Waals surface area contributed by atoms with Crippen molar-refractivity contribution in [2.45, 2.75) is 39.4 Å². The van der Waals surface area contributed by atoms with Gasteiger partial charge in [0.25, 0.3) is 0 Å². The van der Waals surface area contributed by atoms with Crippen molar-refractivity contribution in [1.82, 2.24) is 10.6 Å². The molecule has 0 aliphatic carbocycles. The summed E-state index contributed by atoms with van der Waals surface area (Å²) in [6.07, 6.45) is 0. The molecule has 1 rings (SSSR count). The minimum atomic E-state index is -0.619. The summed E-state index contributed by atoms with van der Waals surface area (Å²) in [5, 5.41) is 5.67. The van der Waals surface area contributed by atoms with Crippen molar-refractivity contribution in [2.75, 3.05) is 0 Å². The van der Waals surface area contributed by atoms with E-state index in [1.807, 2.05) is 13.8 Å². The van der Waals surface area contributed by atoms with Gasteiger partial charge in [-0.25, -0.2) is 8.78 Å². The molecular weight excluding hydrogens is 238 g/mol. The van der Waals surface area contributed by atoms with Gasteiger partial charge in [0.05, 0.1) is 6.04 Å². The fourth-order valence-electron chi connectivity index (χ4n) is 1.49. The summed E-state index contributed by atoms with van der Waals surface area (Å²) in [6, 6.07) is 2.94. The second kappa shape index (κ2) is 6.44. The predicted molar refractivity (Wildman–Crippen MR) is 65.9 cm³/mol. The maximum Gasteiger partial charge on any atom is 0.237 e. The molecular formula is C13H18F2N2O. The first-order valence-electron chi connectivity index (χ1n) is 5.87. The Bertz CT molecular complexity index is 401. The highest BCUT2D eigenvalue weighted by atomic mass is 19.1. The summed E-state index contributed by atoms with van der Waals surface area (Å²) in [4.78, 5) is 11.6. The molecule has 100 valence electrons. The number of carbonyl (C=O) groups excluding carboxylic acids is 1. The van der Waals surface area contributed by atoms with Crippen molar-refractivity contribution >= 4 is 5.91 Å². The highest BCUT2D eigenvalue weighted by Gasteiger charge is 2.13. The third kappa shape index (κ3) is 4.79. The van der Waals surface area contributed by atoms with E-state index in [4.69, 9.17) is 0 Å². The van der Waals surface area contributed by atoms with Gasteiger partial charge in [0.1, 0.15) is 11.6 Å². The Morgan fingerprint density at radius 2 is 1.72 bits per heavy atom. The van der Waals surface area contributed by atoms with Gasteiger partial charge in [0.15, 0.2) is 0 Å². The van der Waals surface area contributed by atoms with Gasteiger partial charge in [0.2, 0.25) is 5.91 Å². The van der Waals surface area contributed by atoms with Gasteiger partial charge in [-0.15, -0.1) is 0 Å². The van der Waals surface area contributed by atoms with E-state index < -0.39 is 17.7 Å². The molecule has 5 heteroatoms. The third-order valence-corrected chi connectivity index (χ3v) is 2.36. The first-order valence-corrected chi connectivity index (χ1v) is 5.87. The first-order chi connectivity index (χ1) is 8.38. The third-order valence-electron chi connectivity index (χ3n) is 2.36. The standard InChI is InChI=1S/C13H18F2N2O/c1-8(2)17-13(18)9(3)16-7-10-4-11(14)6-12(15)5-10/h4-6,8-9,16H,7H2,1-3H3,(H,17,18). The summed E-state index contributed by atoms with van der Waals surface area (Å²) >= 11 is 0. The van der Waals surface area contributed by atoms with Crippen LogP contribution in [0.3, 0.4) is 0 Å². The largest absolute Gasteiger partial charge is 0.353 e. The van der Waals surface area contributed by atoms with E-state index in [1.54, 1.807) is 6.92 Å². The molecule has 0 saturated heterocycles. The molecule has 0 spiro atoms. The Balaban J connectivity index is 2.51. The lowest BCUT2D eigenvalue weighted by Crippen LogP contribution is -2.44. The van der Waals surface area contributed by atoms with Crippen LogP contribution in [-0.4, -0.2) is 18.0 Å². The Kier molecular flexibility index (Phi) is 5.22. The van der Waals surface area contributed by atoms with Crippen LogP contribution < -0.4 is 10.6 Å². The Labute approximate surface area is 106 Å². The van der Waals surface area contributed by atoms with Crippen molar-refractivity contribution in [3.05, 3.63) is 35.4 Å². The zero-order valence-corrected chi connectivity index (χ0v) is 10.8. The van der Waals surface area contributed by atoms with Crippen LogP contribution in [0.25, 0.3) is 0 Å². The van der Waals surface area contributed by atoms with Gasteiger partial charge in [0, 0.05) is 18.7 Å². The molecule has 0 radical (unpaired) electrons. The number of carbonyl (C=O) groups is 1. The fraction of sp³-hybridized carbons (Fsp3) is 0.462. The van der Waals surface area contributed by atoms with Gasteiger partial charge < -0.3 is 10.6 Å². The molecule has 0 bridgehead atoms. The Morgan fingerprint density at radius 1 is 1.17 bits per heavy atom. The molecule has 0 saturated carbocycles. The van der Waals surface area contributed by atoms with E-state index >= 15 is 0 Å². The molecule has 1 aromatic carbocycles. The van der Waals surface area contributed by atoms with Gasteiger partial charge in [-0.1, -0.05) is 0 Å². The maximum absolute atomic E-state index is 12.9. The summed E-state index contributed by atoms with van der Waals surface area (Å²) < 4.78 is 25.9. The maximum atomic E-state index is 12.9. The zero-order chi connectivity index (χ0) is 13.7. The lowest BCUT2D eigenvalue weighted by atomic mass is 10.2. The fourth-order valence-corrected chi connectivity index (χ4v) is 1.49. The van der Waals surface area contributed by atoms with E-state index in [1.165, 1.54) is 12.1 Å². The number of hydrogen-bond acceptors (Lipinski definition) is 2.